The van der Waals surface area contributed by atoms with Gasteiger partial charge in [0.2, 0.25) is 17.6 Å². The molecule has 10 nitrogen and oxygen atoms in total. The van der Waals surface area contributed by atoms with E-state index in [1.165, 1.54) is 24.1 Å². The van der Waals surface area contributed by atoms with Crippen molar-refractivity contribution >= 4 is 23.5 Å². The molecule has 3 amide bonds. The molecule has 2 fully saturated rings. The lowest BCUT2D eigenvalue weighted by Gasteiger charge is -2.29. The number of rotatable bonds is 20. The Morgan fingerprint density at radius 2 is 1.92 bits per heavy atom. The zero-order valence-electron chi connectivity index (χ0n) is 28.9. The van der Waals surface area contributed by atoms with E-state index < -0.39 is 41.3 Å². The number of nitrogens with one attached hydrogen (secondary N) is 3. The minimum Gasteiger partial charge on any atom is -0.493 e. The van der Waals surface area contributed by atoms with Gasteiger partial charge < -0.3 is 30.7 Å². The average Bonchev–Trinajstić information content (AvgIpc) is 3.59. The number of hydrogen-bond donors (Lipinski definition) is 4. The van der Waals surface area contributed by atoms with Crippen LogP contribution >= 0.6 is 0 Å². The Labute approximate surface area is 286 Å². The Morgan fingerprint density at radius 1 is 1.15 bits per heavy atom. The van der Waals surface area contributed by atoms with Crippen LogP contribution in [0.3, 0.4) is 0 Å². The first-order valence-corrected chi connectivity index (χ1v) is 17.6. The van der Waals surface area contributed by atoms with Gasteiger partial charge in [-0.3, -0.25) is 19.2 Å². The average molecular weight is 665 g/mol. The summed E-state index contributed by atoms with van der Waals surface area (Å²) in [5.74, 6) is -1.28. The quantitative estimate of drug-likeness (QED) is 0.120. The molecule has 0 radical (unpaired) electrons. The van der Waals surface area contributed by atoms with E-state index in [1.54, 1.807) is 11.8 Å². The molecular weight excluding hydrogens is 608 g/mol. The van der Waals surface area contributed by atoms with Crippen LogP contribution in [0.15, 0.2) is 61.2 Å². The molecule has 4 atom stereocenters. The first-order chi connectivity index (χ1) is 23.1. The molecule has 48 heavy (non-hydrogen) atoms. The van der Waals surface area contributed by atoms with Crippen molar-refractivity contribution in [1.82, 2.24) is 20.9 Å². The van der Waals surface area contributed by atoms with Crippen molar-refractivity contribution in [2.24, 2.45) is 0 Å². The monoisotopic (exact) mass is 664 g/mol. The number of aliphatic hydroxyl groups is 1. The molecule has 1 heterocycles. The molecule has 3 rings (SSSR count). The molecule has 0 aromatic heterocycles. The first-order valence-electron chi connectivity index (χ1n) is 17.6. The minimum absolute atomic E-state index is 0.155. The second-order valence-electron chi connectivity index (χ2n) is 13.1. The van der Waals surface area contributed by atoms with Crippen LogP contribution in [0, 0.1) is 0 Å². The molecule has 264 valence electrons. The predicted octanol–water partition coefficient (Wildman–Crippen LogP) is 4.32. The number of Topliss-reactive ketones (excluding diaryl/α,β-unsaturated/α-hetero) is 1. The molecule has 0 spiro atoms. The van der Waals surface area contributed by atoms with E-state index in [1.807, 2.05) is 31.2 Å². The summed E-state index contributed by atoms with van der Waals surface area (Å²) in [5, 5.41) is 18.9. The SMILES string of the molecule is C=CCNC(=O)C(=O)C(CCCC)NC(=O)[C@@H]1CCCN1C(=O)C(C=C1CCCCC1)NCCc1cccc(OCC[C@@](C)(O)C=C)c1. The van der Waals surface area contributed by atoms with Crippen molar-refractivity contribution in [3.8, 4) is 5.75 Å². The number of unbranched alkanes of at least 4 members (excludes halogenated alkanes) is 1. The van der Waals surface area contributed by atoms with Gasteiger partial charge >= 0.3 is 0 Å². The van der Waals surface area contributed by atoms with Crippen molar-refractivity contribution < 1.29 is 29.0 Å². The lowest BCUT2D eigenvalue weighted by molar-refractivity contribution is -0.142. The number of hydrogen-bond acceptors (Lipinski definition) is 7. The summed E-state index contributed by atoms with van der Waals surface area (Å²) in [7, 11) is 0. The highest BCUT2D eigenvalue weighted by atomic mass is 16.5. The molecule has 1 saturated heterocycles. The number of ketones is 1. The molecule has 1 aromatic rings. The van der Waals surface area contributed by atoms with E-state index in [2.05, 4.69) is 35.2 Å². The molecule has 1 saturated carbocycles. The zero-order chi connectivity index (χ0) is 34.9. The molecule has 1 aliphatic heterocycles. The van der Waals surface area contributed by atoms with E-state index in [4.69, 9.17) is 4.74 Å². The van der Waals surface area contributed by atoms with Gasteiger partial charge in [0.05, 0.1) is 18.2 Å². The van der Waals surface area contributed by atoms with Crippen LogP contribution in [0.25, 0.3) is 0 Å². The maximum absolute atomic E-state index is 14.1. The highest BCUT2D eigenvalue weighted by Crippen LogP contribution is 2.25. The summed E-state index contributed by atoms with van der Waals surface area (Å²) in [6.07, 6.45) is 14.4. The first kappa shape index (κ1) is 38.7. The van der Waals surface area contributed by atoms with Crippen LogP contribution in [-0.2, 0) is 25.6 Å². The number of carbonyl (C=O) groups is 4. The van der Waals surface area contributed by atoms with E-state index in [-0.39, 0.29) is 12.5 Å². The molecule has 1 aliphatic carbocycles. The number of ether oxygens (including phenoxy) is 1. The van der Waals surface area contributed by atoms with Crippen molar-refractivity contribution in [2.75, 3.05) is 26.2 Å². The number of nitrogens with zero attached hydrogens (tertiary/aromatic N) is 1. The topological polar surface area (TPSA) is 137 Å². The zero-order valence-corrected chi connectivity index (χ0v) is 28.9. The Balaban J connectivity index is 1.69. The summed E-state index contributed by atoms with van der Waals surface area (Å²) < 4.78 is 5.86. The van der Waals surface area contributed by atoms with Gasteiger partial charge in [0.15, 0.2) is 0 Å². The molecule has 1 aromatic carbocycles. The van der Waals surface area contributed by atoms with E-state index in [9.17, 15) is 24.3 Å². The van der Waals surface area contributed by atoms with Crippen LogP contribution in [0.5, 0.6) is 5.75 Å². The fourth-order valence-corrected chi connectivity index (χ4v) is 6.10. The van der Waals surface area contributed by atoms with Crippen LogP contribution in [0.4, 0.5) is 0 Å². The fraction of sp³-hybridized carbons (Fsp3) is 0.579. The van der Waals surface area contributed by atoms with Crippen molar-refractivity contribution in [2.45, 2.75) is 115 Å². The highest BCUT2D eigenvalue weighted by Gasteiger charge is 2.38. The predicted molar refractivity (Wildman–Crippen MR) is 188 cm³/mol. The Morgan fingerprint density at radius 3 is 2.62 bits per heavy atom. The normalized spacial score (nSPS) is 18.6. The summed E-state index contributed by atoms with van der Waals surface area (Å²) in [4.78, 5) is 54.7. The molecule has 2 aliphatic rings. The van der Waals surface area contributed by atoms with Crippen LogP contribution < -0.4 is 20.7 Å². The third kappa shape index (κ3) is 12.4. The van der Waals surface area contributed by atoms with Crippen LogP contribution in [0.1, 0.15) is 90.0 Å². The highest BCUT2D eigenvalue weighted by molar-refractivity contribution is 6.38. The summed E-state index contributed by atoms with van der Waals surface area (Å²) in [6, 6.07) is 5.54. The number of amides is 3. The third-order valence-electron chi connectivity index (χ3n) is 9.11. The summed E-state index contributed by atoms with van der Waals surface area (Å²) in [6.45, 7) is 12.4. The molecule has 2 unspecified atom stereocenters. The van der Waals surface area contributed by atoms with Crippen molar-refractivity contribution in [1.29, 1.82) is 0 Å². The maximum Gasteiger partial charge on any atom is 0.289 e. The third-order valence-corrected chi connectivity index (χ3v) is 9.11. The minimum atomic E-state index is -0.985. The Bertz CT molecular complexity index is 1280. The van der Waals surface area contributed by atoms with Crippen LogP contribution in [-0.4, -0.2) is 83.5 Å². The number of allylic oxidation sites excluding steroid dienone is 1. The van der Waals surface area contributed by atoms with Gasteiger partial charge in [-0.25, -0.2) is 0 Å². The van der Waals surface area contributed by atoms with E-state index in [0.717, 1.165) is 37.7 Å². The second-order valence-corrected chi connectivity index (χ2v) is 13.1. The van der Waals surface area contributed by atoms with Gasteiger partial charge in [-0.15, -0.1) is 13.2 Å². The van der Waals surface area contributed by atoms with Crippen LogP contribution in [0.2, 0.25) is 0 Å². The van der Waals surface area contributed by atoms with Gasteiger partial charge in [-0.1, -0.05) is 62.1 Å². The fourth-order valence-electron chi connectivity index (χ4n) is 6.10. The molecule has 10 heteroatoms. The number of likely N-dealkylation sites (tertiary alicyclic amines) is 1. The smallest absolute Gasteiger partial charge is 0.289 e. The number of benzene rings is 1. The van der Waals surface area contributed by atoms with Gasteiger partial charge in [0.25, 0.3) is 5.91 Å². The molecule has 4 N–H and O–H groups in total. The van der Waals surface area contributed by atoms with Gasteiger partial charge in [0, 0.05) is 26.1 Å². The summed E-state index contributed by atoms with van der Waals surface area (Å²) in [5.41, 5.74) is 1.32. The van der Waals surface area contributed by atoms with Gasteiger partial charge in [-0.2, -0.15) is 0 Å². The van der Waals surface area contributed by atoms with Gasteiger partial charge in [-0.05, 0) is 76.0 Å². The summed E-state index contributed by atoms with van der Waals surface area (Å²) >= 11 is 0. The van der Waals surface area contributed by atoms with Crippen molar-refractivity contribution in [3.63, 3.8) is 0 Å². The largest absolute Gasteiger partial charge is 0.493 e. The van der Waals surface area contributed by atoms with Crippen molar-refractivity contribution in [3.05, 3.63) is 66.8 Å². The van der Waals surface area contributed by atoms with Gasteiger partial charge in [0.1, 0.15) is 17.8 Å². The molecule has 0 bridgehead atoms. The molecular formula is C38H56N4O6. The van der Waals surface area contributed by atoms with E-state index >= 15 is 0 Å². The second kappa shape index (κ2) is 19.9. The maximum atomic E-state index is 14.1. The van der Waals surface area contributed by atoms with E-state index in [0.29, 0.717) is 64.0 Å². The Hall–Kier alpha value is -3.76. The Kier molecular flexibility index (Phi) is 16.1. The number of carbonyl (C=O) groups excluding carboxylic acids is 4. The standard InChI is InChI=1S/C38H56N4O6/c1-5-8-18-31(34(43)36(45)40-22-6-2)41-35(44)33-19-13-24-42(33)37(46)32(27-28-14-10-9-11-15-28)39-23-20-29-16-12-17-30(26-29)48-25-21-38(4,47)7-3/h6-7,12,16-17,26-27,31-33,39,47H,2-3,5,8-11,13-15,18-25H2,1,4H3,(H,40,45)(H,41,44)/t31?,32?,33-,38-/m0/s1. The lowest BCUT2D eigenvalue weighted by Crippen LogP contribution is -2.55. The lowest BCUT2D eigenvalue weighted by atomic mass is 9.93.